The minimum atomic E-state index is -0.118. The van der Waals surface area contributed by atoms with Gasteiger partial charge in [-0.3, -0.25) is 4.79 Å². The third-order valence-corrected chi connectivity index (χ3v) is 2.22. The molecule has 0 aliphatic rings. The van der Waals surface area contributed by atoms with Crippen LogP contribution in [0.5, 0.6) is 0 Å². The van der Waals surface area contributed by atoms with Crippen LogP contribution in [0.15, 0.2) is 17.2 Å². The number of hydrogen-bond acceptors (Lipinski definition) is 4. The first kappa shape index (κ1) is 11.7. The Hall–Kier alpha value is -1.36. The molecule has 1 N–H and O–H groups in total. The van der Waals surface area contributed by atoms with Crippen LogP contribution in [-0.2, 0) is 11.8 Å². The second-order valence-corrected chi connectivity index (χ2v) is 3.40. The SMILES string of the molecule is CCC(COC)Nc1nccn(C)c1=O. The lowest BCUT2D eigenvalue weighted by Gasteiger charge is -2.15. The van der Waals surface area contributed by atoms with E-state index < -0.39 is 0 Å². The summed E-state index contributed by atoms with van der Waals surface area (Å²) in [6, 6.07) is 0.123. The number of aromatic nitrogens is 2. The van der Waals surface area contributed by atoms with Crippen LogP contribution in [0.3, 0.4) is 0 Å². The molecule has 0 aliphatic heterocycles. The Morgan fingerprint density at radius 1 is 1.67 bits per heavy atom. The van der Waals surface area contributed by atoms with Gasteiger partial charge >= 0.3 is 0 Å². The van der Waals surface area contributed by atoms with Crippen molar-refractivity contribution in [1.82, 2.24) is 9.55 Å². The number of aryl methyl sites for hydroxylation is 1. The summed E-state index contributed by atoms with van der Waals surface area (Å²) in [5.74, 6) is 0.379. The summed E-state index contributed by atoms with van der Waals surface area (Å²) in [5.41, 5.74) is -0.118. The highest BCUT2D eigenvalue weighted by Crippen LogP contribution is 2.00. The second-order valence-electron chi connectivity index (χ2n) is 3.40. The Kier molecular flexibility index (Phi) is 4.30. The van der Waals surface area contributed by atoms with Crippen LogP contribution in [0.1, 0.15) is 13.3 Å². The Bertz CT molecular complexity index is 362. The summed E-state index contributed by atoms with van der Waals surface area (Å²) >= 11 is 0. The lowest BCUT2D eigenvalue weighted by Crippen LogP contribution is -2.30. The number of anilines is 1. The second kappa shape index (κ2) is 5.50. The van der Waals surface area contributed by atoms with E-state index in [9.17, 15) is 4.79 Å². The molecule has 0 saturated carbocycles. The van der Waals surface area contributed by atoms with Gasteiger partial charge in [-0.25, -0.2) is 4.98 Å². The minimum Gasteiger partial charge on any atom is -0.383 e. The molecule has 0 spiro atoms. The van der Waals surface area contributed by atoms with E-state index in [1.165, 1.54) is 4.57 Å². The highest BCUT2D eigenvalue weighted by atomic mass is 16.5. The molecule has 15 heavy (non-hydrogen) atoms. The monoisotopic (exact) mass is 211 g/mol. The molecule has 1 atom stereocenters. The molecule has 0 aliphatic carbocycles. The number of methoxy groups -OCH3 is 1. The van der Waals surface area contributed by atoms with E-state index in [1.807, 2.05) is 6.92 Å². The van der Waals surface area contributed by atoms with Crippen LogP contribution in [0.4, 0.5) is 5.82 Å². The number of hydrogen-bond donors (Lipinski definition) is 1. The molecular weight excluding hydrogens is 194 g/mol. The van der Waals surface area contributed by atoms with E-state index in [0.29, 0.717) is 12.4 Å². The molecule has 0 bridgehead atoms. The Morgan fingerprint density at radius 3 is 3.00 bits per heavy atom. The average molecular weight is 211 g/mol. The van der Waals surface area contributed by atoms with Crippen molar-refractivity contribution in [1.29, 1.82) is 0 Å². The molecule has 84 valence electrons. The summed E-state index contributed by atoms with van der Waals surface area (Å²) in [6.45, 7) is 2.60. The molecule has 0 amide bonds. The van der Waals surface area contributed by atoms with Gasteiger partial charge in [0.25, 0.3) is 5.56 Å². The highest BCUT2D eigenvalue weighted by molar-refractivity contribution is 5.32. The van der Waals surface area contributed by atoms with Gasteiger partial charge in [0.15, 0.2) is 5.82 Å². The smallest absolute Gasteiger partial charge is 0.293 e. The maximum Gasteiger partial charge on any atom is 0.293 e. The summed E-state index contributed by atoms with van der Waals surface area (Å²) in [6.07, 6.45) is 4.11. The topological polar surface area (TPSA) is 56.1 Å². The number of rotatable bonds is 5. The predicted octanol–water partition coefficient (Wildman–Crippen LogP) is 0.617. The minimum absolute atomic E-state index is 0.118. The van der Waals surface area contributed by atoms with Crippen LogP contribution in [0.25, 0.3) is 0 Å². The molecule has 5 nitrogen and oxygen atoms in total. The van der Waals surface area contributed by atoms with E-state index in [1.54, 1.807) is 26.6 Å². The molecule has 5 heteroatoms. The molecule has 1 aromatic rings. The largest absolute Gasteiger partial charge is 0.383 e. The Labute approximate surface area is 89.1 Å². The molecular formula is C10H17N3O2. The van der Waals surface area contributed by atoms with Gasteiger partial charge < -0.3 is 14.6 Å². The van der Waals surface area contributed by atoms with Crippen LogP contribution in [0, 0.1) is 0 Å². The van der Waals surface area contributed by atoms with Crippen molar-refractivity contribution in [2.45, 2.75) is 19.4 Å². The molecule has 0 fully saturated rings. The summed E-state index contributed by atoms with van der Waals surface area (Å²) in [5, 5.41) is 3.07. The summed E-state index contributed by atoms with van der Waals surface area (Å²) < 4.78 is 6.53. The van der Waals surface area contributed by atoms with Crippen LogP contribution >= 0.6 is 0 Å². The lowest BCUT2D eigenvalue weighted by atomic mass is 10.2. The van der Waals surface area contributed by atoms with Crippen molar-refractivity contribution in [3.8, 4) is 0 Å². The van der Waals surface area contributed by atoms with Crippen LogP contribution < -0.4 is 10.9 Å². The number of nitrogens with one attached hydrogen (secondary N) is 1. The zero-order valence-corrected chi connectivity index (χ0v) is 9.36. The fourth-order valence-electron chi connectivity index (χ4n) is 1.25. The third kappa shape index (κ3) is 3.06. The molecule has 1 heterocycles. The first-order valence-electron chi connectivity index (χ1n) is 4.96. The maximum atomic E-state index is 11.6. The number of ether oxygens (including phenoxy) is 1. The summed E-state index contributed by atoms with van der Waals surface area (Å²) in [4.78, 5) is 15.6. The molecule has 0 saturated heterocycles. The number of nitrogens with zero attached hydrogens (tertiary/aromatic N) is 2. The highest BCUT2D eigenvalue weighted by Gasteiger charge is 2.09. The van der Waals surface area contributed by atoms with Crippen molar-refractivity contribution in [3.05, 3.63) is 22.7 Å². The van der Waals surface area contributed by atoms with Crippen molar-refractivity contribution >= 4 is 5.82 Å². The van der Waals surface area contributed by atoms with Gasteiger partial charge in [0.05, 0.1) is 12.6 Å². The van der Waals surface area contributed by atoms with Gasteiger partial charge in [0.2, 0.25) is 0 Å². The molecule has 0 aromatic carbocycles. The fourth-order valence-corrected chi connectivity index (χ4v) is 1.25. The first-order chi connectivity index (χ1) is 7.19. The van der Waals surface area contributed by atoms with Gasteiger partial charge in [0.1, 0.15) is 0 Å². The normalized spacial score (nSPS) is 12.5. The van der Waals surface area contributed by atoms with Gasteiger partial charge in [-0.05, 0) is 6.42 Å². The van der Waals surface area contributed by atoms with E-state index in [2.05, 4.69) is 10.3 Å². The van der Waals surface area contributed by atoms with Crippen molar-refractivity contribution < 1.29 is 4.74 Å². The Balaban J connectivity index is 2.79. The van der Waals surface area contributed by atoms with Gasteiger partial charge in [-0.1, -0.05) is 6.92 Å². The maximum absolute atomic E-state index is 11.6. The van der Waals surface area contributed by atoms with Gasteiger partial charge in [-0.2, -0.15) is 0 Å². The standard InChI is InChI=1S/C10H17N3O2/c1-4-8(7-15-3)12-9-10(14)13(2)6-5-11-9/h5-6,8H,4,7H2,1-3H3,(H,11,12). The molecule has 1 unspecified atom stereocenters. The van der Waals surface area contributed by atoms with Crippen LogP contribution in [0.2, 0.25) is 0 Å². The van der Waals surface area contributed by atoms with E-state index in [0.717, 1.165) is 6.42 Å². The van der Waals surface area contributed by atoms with Crippen molar-refractivity contribution in [2.24, 2.45) is 7.05 Å². The predicted molar refractivity (Wildman–Crippen MR) is 59.1 cm³/mol. The van der Waals surface area contributed by atoms with Crippen LogP contribution in [-0.4, -0.2) is 29.3 Å². The van der Waals surface area contributed by atoms with Crippen molar-refractivity contribution in [2.75, 3.05) is 19.0 Å². The summed E-state index contributed by atoms with van der Waals surface area (Å²) in [7, 11) is 3.34. The third-order valence-electron chi connectivity index (χ3n) is 2.22. The van der Waals surface area contributed by atoms with E-state index in [-0.39, 0.29) is 11.6 Å². The fraction of sp³-hybridized carbons (Fsp3) is 0.600. The Morgan fingerprint density at radius 2 is 2.40 bits per heavy atom. The quantitative estimate of drug-likeness (QED) is 0.775. The average Bonchev–Trinajstić information content (AvgIpc) is 2.24. The molecule has 1 rings (SSSR count). The van der Waals surface area contributed by atoms with Gasteiger partial charge in [-0.15, -0.1) is 0 Å². The lowest BCUT2D eigenvalue weighted by molar-refractivity contribution is 0.184. The van der Waals surface area contributed by atoms with Crippen molar-refractivity contribution in [3.63, 3.8) is 0 Å². The zero-order valence-electron chi connectivity index (χ0n) is 9.36. The molecule has 1 aromatic heterocycles. The zero-order chi connectivity index (χ0) is 11.3. The van der Waals surface area contributed by atoms with E-state index in [4.69, 9.17) is 4.74 Å². The van der Waals surface area contributed by atoms with E-state index >= 15 is 0 Å². The van der Waals surface area contributed by atoms with Gasteiger partial charge in [0, 0.05) is 26.6 Å². The molecule has 0 radical (unpaired) electrons. The first-order valence-corrected chi connectivity index (χ1v) is 4.96.